The van der Waals surface area contributed by atoms with Gasteiger partial charge in [-0.25, -0.2) is 0 Å². The summed E-state index contributed by atoms with van der Waals surface area (Å²) in [5.74, 6) is -2.12. The van der Waals surface area contributed by atoms with Crippen LogP contribution in [0.25, 0.3) is 0 Å². The lowest BCUT2D eigenvalue weighted by atomic mass is 9.91. The van der Waals surface area contributed by atoms with Crippen LogP contribution in [0.2, 0.25) is 0 Å². The number of carbonyl (C=O) groups is 2. The Morgan fingerprint density at radius 2 is 1.76 bits per heavy atom. The lowest BCUT2D eigenvalue weighted by Gasteiger charge is -2.15. The molecule has 0 bridgehead atoms. The summed E-state index contributed by atoms with van der Waals surface area (Å²) < 4.78 is 0. The molecule has 8 N–H and O–H groups in total. The fourth-order valence-electron chi connectivity index (χ4n) is 2.24. The average Bonchev–Trinajstić information content (AvgIpc) is 2.52. The monoisotopic (exact) mass is 372 g/mol. The number of nitrogens with two attached hydrogens (primary N) is 3. The van der Waals surface area contributed by atoms with Gasteiger partial charge in [0.1, 0.15) is 11.5 Å². The van der Waals surface area contributed by atoms with Crippen LogP contribution in [0.15, 0.2) is 29.3 Å². The number of hydrogen-bond donors (Lipinski definition) is 5. The number of halogens is 1. The Kier molecular flexibility index (Phi) is 10.2. The Morgan fingerprint density at radius 3 is 2.28 bits per heavy atom. The summed E-state index contributed by atoms with van der Waals surface area (Å²) in [6, 6.07) is 5.48. The molecule has 2 atom stereocenters. The molecule has 25 heavy (non-hydrogen) atoms. The molecule has 0 aliphatic rings. The summed E-state index contributed by atoms with van der Waals surface area (Å²) in [5.41, 5.74) is 16.9. The second kappa shape index (κ2) is 11.3. The molecule has 0 heterocycles. The number of carboxylic acid groups (broad SMARTS) is 1. The maximum absolute atomic E-state index is 12.1. The number of carboxylic acids is 1. The van der Waals surface area contributed by atoms with Crippen molar-refractivity contribution in [2.45, 2.75) is 31.7 Å². The van der Waals surface area contributed by atoms with Gasteiger partial charge in [0.15, 0.2) is 5.96 Å². The number of benzene rings is 1. The number of aliphatic imine (C=N–C) groups is 1. The van der Waals surface area contributed by atoms with Crippen molar-refractivity contribution in [3.63, 3.8) is 0 Å². The molecule has 0 aromatic heterocycles. The molecule has 0 saturated carbocycles. The van der Waals surface area contributed by atoms with E-state index >= 15 is 0 Å². The van der Waals surface area contributed by atoms with Crippen LogP contribution in [-0.4, -0.2) is 40.5 Å². The SMILES string of the molecule is Cl.NC(N)=NCCC[C@H](N)C(=O)C[C@H](Cc1ccc(O)cc1)C(=O)O. The van der Waals surface area contributed by atoms with E-state index in [9.17, 15) is 19.8 Å². The fraction of sp³-hybridized carbons (Fsp3) is 0.438. The van der Waals surface area contributed by atoms with E-state index in [1.54, 1.807) is 12.1 Å². The van der Waals surface area contributed by atoms with Crippen LogP contribution in [0.3, 0.4) is 0 Å². The summed E-state index contributed by atoms with van der Waals surface area (Å²) in [6.07, 6.45) is 0.989. The molecule has 140 valence electrons. The first-order valence-corrected chi connectivity index (χ1v) is 7.64. The molecule has 1 rings (SSSR count). The molecule has 0 saturated heterocycles. The van der Waals surface area contributed by atoms with Gasteiger partial charge in [-0.1, -0.05) is 12.1 Å². The predicted octanol–water partition coefficient (Wildman–Crippen LogP) is 0.397. The Balaban J connectivity index is 0.00000576. The number of aromatic hydroxyl groups is 1. The highest BCUT2D eigenvalue weighted by molar-refractivity contribution is 5.87. The fourth-order valence-corrected chi connectivity index (χ4v) is 2.24. The molecule has 0 radical (unpaired) electrons. The average molecular weight is 373 g/mol. The van der Waals surface area contributed by atoms with E-state index in [0.717, 1.165) is 5.56 Å². The molecular formula is C16H25ClN4O4. The van der Waals surface area contributed by atoms with Gasteiger partial charge in [-0.3, -0.25) is 14.6 Å². The number of carbonyl (C=O) groups excluding carboxylic acids is 1. The topological polar surface area (TPSA) is 165 Å². The number of phenols is 1. The molecule has 0 fully saturated rings. The zero-order chi connectivity index (χ0) is 18.1. The first-order valence-electron chi connectivity index (χ1n) is 7.64. The van der Waals surface area contributed by atoms with Gasteiger partial charge < -0.3 is 27.4 Å². The Morgan fingerprint density at radius 1 is 1.16 bits per heavy atom. The van der Waals surface area contributed by atoms with E-state index in [-0.39, 0.29) is 42.7 Å². The lowest BCUT2D eigenvalue weighted by Crippen LogP contribution is -2.34. The zero-order valence-electron chi connectivity index (χ0n) is 13.8. The minimum absolute atomic E-state index is 0. The standard InChI is InChI=1S/C16H24N4O4.ClH/c17-13(2-1-7-20-16(18)19)14(22)9-11(15(23)24)8-10-3-5-12(21)6-4-10;/h3-6,11,13,21H,1-2,7-9,17H2,(H,23,24)(H4,18,19,20);1H/t11-,13-;/m0./s1. The van der Waals surface area contributed by atoms with Crippen LogP contribution >= 0.6 is 12.4 Å². The highest BCUT2D eigenvalue weighted by Crippen LogP contribution is 2.17. The quantitative estimate of drug-likeness (QED) is 0.225. The number of hydrogen-bond acceptors (Lipinski definition) is 5. The second-order valence-electron chi connectivity index (χ2n) is 5.63. The molecule has 8 nitrogen and oxygen atoms in total. The van der Waals surface area contributed by atoms with Crippen LogP contribution in [-0.2, 0) is 16.0 Å². The smallest absolute Gasteiger partial charge is 0.307 e. The van der Waals surface area contributed by atoms with Crippen molar-refractivity contribution >= 4 is 30.1 Å². The summed E-state index contributed by atoms with van der Waals surface area (Å²) >= 11 is 0. The highest BCUT2D eigenvalue weighted by atomic mass is 35.5. The Bertz CT molecular complexity index is 588. The normalized spacial score (nSPS) is 12.5. The summed E-state index contributed by atoms with van der Waals surface area (Å²) in [7, 11) is 0. The number of Topliss-reactive ketones (excluding diaryl/α,β-unsaturated/α-hetero) is 1. The molecule has 0 aliphatic heterocycles. The van der Waals surface area contributed by atoms with Gasteiger partial charge in [0, 0.05) is 13.0 Å². The van der Waals surface area contributed by atoms with E-state index < -0.39 is 17.9 Å². The number of nitrogens with zero attached hydrogens (tertiary/aromatic N) is 1. The van der Waals surface area contributed by atoms with Crippen LogP contribution < -0.4 is 17.2 Å². The third kappa shape index (κ3) is 8.92. The molecular weight excluding hydrogens is 348 g/mol. The molecule has 0 aliphatic carbocycles. The molecule has 0 spiro atoms. The second-order valence-corrected chi connectivity index (χ2v) is 5.63. The van der Waals surface area contributed by atoms with Gasteiger partial charge >= 0.3 is 5.97 Å². The van der Waals surface area contributed by atoms with E-state index in [2.05, 4.69) is 4.99 Å². The molecule has 0 unspecified atom stereocenters. The maximum atomic E-state index is 12.1. The third-order valence-electron chi connectivity index (χ3n) is 3.60. The largest absolute Gasteiger partial charge is 0.508 e. The summed E-state index contributed by atoms with van der Waals surface area (Å²) in [5, 5.41) is 18.6. The van der Waals surface area contributed by atoms with Crippen molar-refractivity contribution in [3.8, 4) is 5.75 Å². The number of ketones is 1. The maximum Gasteiger partial charge on any atom is 0.307 e. The lowest BCUT2D eigenvalue weighted by molar-refractivity contribution is -0.143. The van der Waals surface area contributed by atoms with Crippen LogP contribution in [0.1, 0.15) is 24.8 Å². The van der Waals surface area contributed by atoms with Crippen molar-refractivity contribution in [1.82, 2.24) is 0 Å². The summed E-state index contributed by atoms with van der Waals surface area (Å²) in [6.45, 7) is 0.374. The van der Waals surface area contributed by atoms with E-state index in [4.69, 9.17) is 17.2 Å². The van der Waals surface area contributed by atoms with Crippen molar-refractivity contribution in [3.05, 3.63) is 29.8 Å². The molecule has 1 aromatic carbocycles. The van der Waals surface area contributed by atoms with Crippen LogP contribution in [0.5, 0.6) is 5.75 Å². The first kappa shape index (κ1) is 22.7. The van der Waals surface area contributed by atoms with Crippen molar-refractivity contribution < 1.29 is 19.8 Å². The van der Waals surface area contributed by atoms with Crippen molar-refractivity contribution in [2.24, 2.45) is 28.1 Å². The van der Waals surface area contributed by atoms with Gasteiger partial charge in [-0.05, 0) is 37.0 Å². The van der Waals surface area contributed by atoms with Gasteiger partial charge in [0.2, 0.25) is 0 Å². The minimum Gasteiger partial charge on any atom is -0.508 e. The van der Waals surface area contributed by atoms with E-state index in [1.807, 2.05) is 0 Å². The number of aliphatic carboxylic acids is 1. The van der Waals surface area contributed by atoms with Gasteiger partial charge in [-0.2, -0.15) is 0 Å². The van der Waals surface area contributed by atoms with Crippen molar-refractivity contribution in [2.75, 3.05) is 6.54 Å². The predicted molar refractivity (Wildman–Crippen MR) is 97.7 cm³/mol. The number of phenolic OH excluding ortho intramolecular Hbond substituents is 1. The van der Waals surface area contributed by atoms with Gasteiger partial charge in [-0.15, -0.1) is 12.4 Å². The van der Waals surface area contributed by atoms with Gasteiger partial charge in [0.05, 0.1) is 12.0 Å². The third-order valence-corrected chi connectivity index (χ3v) is 3.60. The Hall–Kier alpha value is -2.32. The minimum atomic E-state index is -1.05. The number of guanidine groups is 1. The first-order chi connectivity index (χ1) is 11.3. The molecule has 1 aromatic rings. The number of rotatable bonds is 10. The Labute approximate surface area is 152 Å². The molecule has 0 amide bonds. The van der Waals surface area contributed by atoms with Gasteiger partial charge in [0.25, 0.3) is 0 Å². The molecule has 9 heteroatoms. The zero-order valence-corrected chi connectivity index (χ0v) is 14.6. The summed E-state index contributed by atoms with van der Waals surface area (Å²) in [4.78, 5) is 27.3. The highest BCUT2D eigenvalue weighted by Gasteiger charge is 2.24. The van der Waals surface area contributed by atoms with Crippen molar-refractivity contribution in [1.29, 1.82) is 0 Å². The van der Waals surface area contributed by atoms with E-state index in [0.29, 0.717) is 19.4 Å². The van der Waals surface area contributed by atoms with Crippen LogP contribution in [0.4, 0.5) is 0 Å². The van der Waals surface area contributed by atoms with Crippen LogP contribution in [0, 0.1) is 5.92 Å². The van der Waals surface area contributed by atoms with E-state index in [1.165, 1.54) is 12.1 Å².